The first-order valence-corrected chi connectivity index (χ1v) is 8.58. The van der Waals surface area contributed by atoms with Crippen molar-refractivity contribution in [1.29, 1.82) is 0 Å². The van der Waals surface area contributed by atoms with Crippen LogP contribution in [0.15, 0.2) is 47.4 Å². The summed E-state index contributed by atoms with van der Waals surface area (Å²) < 4.78 is 5.36. The summed E-state index contributed by atoms with van der Waals surface area (Å²) in [5, 5.41) is 0. The minimum absolute atomic E-state index is 0.194. The number of hydrogen-bond donors (Lipinski definition) is 0. The normalized spacial score (nSPS) is 10.5. The lowest BCUT2D eigenvalue weighted by Gasteiger charge is -2.09. The highest BCUT2D eigenvalue weighted by Crippen LogP contribution is 2.27. The molecule has 3 heteroatoms. The smallest absolute Gasteiger partial charge is 0.162 e. The fourth-order valence-electron chi connectivity index (χ4n) is 2.31. The Hall–Kier alpha value is -1.74. The molecule has 2 aromatic rings. The number of rotatable bonds is 7. The lowest BCUT2D eigenvalue weighted by Crippen LogP contribution is -1.95. The van der Waals surface area contributed by atoms with Crippen LogP contribution in [0.3, 0.4) is 0 Å². The van der Waals surface area contributed by atoms with Crippen molar-refractivity contribution in [3.8, 4) is 5.75 Å². The second-order valence-corrected chi connectivity index (χ2v) is 6.14. The number of hydrogen-bond acceptors (Lipinski definition) is 3. The first-order chi connectivity index (χ1) is 10.7. The van der Waals surface area contributed by atoms with Gasteiger partial charge in [-0.05, 0) is 35.7 Å². The number of benzene rings is 2. The van der Waals surface area contributed by atoms with Crippen LogP contribution in [0.1, 0.15) is 41.8 Å². The van der Waals surface area contributed by atoms with E-state index in [0.29, 0.717) is 6.42 Å². The van der Waals surface area contributed by atoms with E-state index in [1.54, 1.807) is 18.9 Å². The molecule has 0 unspecified atom stereocenters. The van der Waals surface area contributed by atoms with Crippen LogP contribution in [-0.2, 0) is 12.2 Å². The summed E-state index contributed by atoms with van der Waals surface area (Å²) in [6.07, 6.45) is 1.52. The number of methoxy groups -OCH3 is 1. The monoisotopic (exact) mass is 314 g/mol. The molecule has 0 aliphatic heterocycles. The Morgan fingerprint density at radius 1 is 1.09 bits per heavy atom. The fraction of sp³-hybridized carbons (Fsp3) is 0.316. The van der Waals surface area contributed by atoms with Gasteiger partial charge in [-0.1, -0.05) is 38.1 Å². The van der Waals surface area contributed by atoms with E-state index in [9.17, 15) is 4.79 Å². The number of Topliss-reactive ketones (excluding diaryl/α,β-unsaturated/α-hetero) is 1. The van der Waals surface area contributed by atoms with E-state index < -0.39 is 0 Å². The molecule has 2 rings (SSSR count). The predicted octanol–water partition coefficient (Wildman–Crippen LogP) is 5.14. The fourth-order valence-corrected chi connectivity index (χ4v) is 3.15. The highest BCUT2D eigenvalue weighted by atomic mass is 32.2. The maximum absolute atomic E-state index is 11.6. The summed E-state index contributed by atoms with van der Waals surface area (Å²) in [7, 11) is 1.71. The third-order valence-electron chi connectivity index (χ3n) is 3.63. The van der Waals surface area contributed by atoms with E-state index in [2.05, 4.69) is 19.1 Å². The van der Waals surface area contributed by atoms with Gasteiger partial charge in [-0.3, -0.25) is 4.79 Å². The maximum atomic E-state index is 11.6. The highest BCUT2D eigenvalue weighted by Gasteiger charge is 2.05. The molecule has 0 bridgehead atoms. The molecule has 0 amide bonds. The van der Waals surface area contributed by atoms with E-state index in [1.165, 1.54) is 16.0 Å². The predicted molar refractivity (Wildman–Crippen MR) is 93.0 cm³/mol. The van der Waals surface area contributed by atoms with Crippen molar-refractivity contribution >= 4 is 17.5 Å². The van der Waals surface area contributed by atoms with Crippen molar-refractivity contribution in [3.05, 3.63) is 59.2 Å². The van der Waals surface area contributed by atoms with E-state index in [-0.39, 0.29) is 5.78 Å². The highest BCUT2D eigenvalue weighted by molar-refractivity contribution is 7.98. The van der Waals surface area contributed by atoms with Crippen LogP contribution in [0, 0.1) is 0 Å². The number of carbonyl (C=O) groups excluding carboxylic acids is 1. The van der Waals surface area contributed by atoms with Crippen molar-refractivity contribution in [2.75, 3.05) is 7.11 Å². The van der Waals surface area contributed by atoms with Crippen molar-refractivity contribution < 1.29 is 9.53 Å². The van der Waals surface area contributed by atoms with Gasteiger partial charge in [-0.2, -0.15) is 0 Å². The Kier molecular flexibility index (Phi) is 6.08. The van der Waals surface area contributed by atoms with Crippen LogP contribution in [0.5, 0.6) is 5.75 Å². The van der Waals surface area contributed by atoms with Crippen molar-refractivity contribution in [2.45, 2.75) is 37.3 Å². The Labute approximate surface area is 136 Å². The standard InChI is InChI=1S/C19H22O2S/c1-4-15-12-14(6-11-19(15)21-3)13-22-17-9-7-16(8-10-17)18(20)5-2/h6-12H,4-5,13H2,1-3H3. The first-order valence-electron chi connectivity index (χ1n) is 7.59. The van der Waals surface area contributed by atoms with Gasteiger partial charge in [-0.25, -0.2) is 0 Å². The third kappa shape index (κ3) is 4.14. The van der Waals surface area contributed by atoms with Crippen LogP contribution in [0.25, 0.3) is 0 Å². The molecule has 0 aliphatic carbocycles. The van der Waals surface area contributed by atoms with Gasteiger partial charge in [-0.15, -0.1) is 11.8 Å². The Bertz CT molecular complexity index is 632. The van der Waals surface area contributed by atoms with Crippen LogP contribution in [0.2, 0.25) is 0 Å². The summed E-state index contributed by atoms with van der Waals surface area (Å²) >= 11 is 1.78. The summed E-state index contributed by atoms with van der Waals surface area (Å²) in [5.41, 5.74) is 3.32. The molecular formula is C19H22O2S. The zero-order valence-electron chi connectivity index (χ0n) is 13.4. The van der Waals surface area contributed by atoms with Gasteiger partial charge in [0, 0.05) is 22.6 Å². The van der Waals surface area contributed by atoms with Crippen molar-refractivity contribution in [3.63, 3.8) is 0 Å². The molecule has 116 valence electrons. The van der Waals surface area contributed by atoms with Crippen LogP contribution in [0.4, 0.5) is 0 Å². The second kappa shape index (κ2) is 8.04. The zero-order chi connectivity index (χ0) is 15.9. The van der Waals surface area contributed by atoms with E-state index in [0.717, 1.165) is 23.5 Å². The molecule has 0 aromatic heterocycles. The lowest BCUT2D eigenvalue weighted by atomic mass is 10.1. The Morgan fingerprint density at radius 3 is 2.41 bits per heavy atom. The van der Waals surface area contributed by atoms with Gasteiger partial charge in [0.05, 0.1) is 7.11 Å². The molecule has 2 nitrogen and oxygen atoms in total. The molecule has 0 atom stereocenters. The summed E-state index contributed by atoms with van der Waals surface area (Å²) in [5.74, 6) is 2.07. The molecule has 0 radical (unpaired) electrons. The quantitative estimate of drug-likeness (QED) is 0.522. The first kappa shape index (κ1) is 16.6. The van der Waals surface area contributed by atoms with Crippen molar-refractivity contribution in [1.82, 2.24) is 0 Å². The second-order valence-electron chi connectivity index (χ2n) is 5.09. The maximum Gasteiger partial charge on any atom is 0.162 e. The minimum Gasteiger partial charge on any atom is -0.496 e. The van der Waals surface area contributed by atoms with Crippen LogP contribution in [-0.4, -0.2) is 12.9 Å². The lowest BCUT2D eigenvalue weighted by molar-refractivity contribution is 0.0988. The molecule has 22 heavy (non-hydrogen) atoms. The van der Waals surface area contributed by atoms with Gasteiger partial charge in [0.25, 0.3) is 0 Å². The number of ketones is 1. The molecule has 0 fully saturated rings. The summed E-state index contributed by atoms with van der Waals surface area (Å²) in [4.78, 5) is 12.8. The van der Waals surface area contributed by atoms with E-state index >= 15 is 0 Å². The van der Waals surface area contributed by atoms with Gasteiger partial charge >= 0.3 is 0 Å². The molecular weight excluding hydrogens is 292 g/mol. The molecule has 0 N–H and O–H groups in total. The molecule has 0 spiro atoms. The van der Waals surface area contributed by atoms with Crippen molar-refractivity contribution in [2.24, 2.45) is 0 Å². The van der Waals surface area contributed by atoms with Gasteiger partial charge < -0.3 is 4.74 Å². The molecule has 0 saturated carbocycles. The van der Waals surface area contributed by atoms with E-state index in [4.69, 9.17) is 4.74 Å². The zero-order valence-corrected chi connectivity index (χ0v) is 14.2. The van der Waals surface area contributed by atoms with Gasteiger partial charge in [0.1, 0.15) is 5.75 Å². The van der Waals surface area contributed by atoms with Gasteiger partial charge in [0.2, 0.25) is 0 Å². The summed E-state index contributed by atoms with van der Waals surface area (Å²) in [6, 6.07) is 14.2. The average Bonchev–Trinajstić information content (AvgIpc) is 2.59. The Balaban J connectivity index is 2.02. The number of thioether (sulfide) groups is 1. The van der Waals surface area contributed by atoms with Crippen LogP contribution >= 0.6 is 11.8 Å². The minimum atomic E-state index is 0.194. The summed E-state index contributed by atoms with van der Waals surface area (Å²) in [6.45, 7) is 4.03. The topological polar surface area (TPSA) is 26.3 Å². The largest absolute Gasteiger partial charge is 0.496 e. The number of ether oxygens (including phenoxy) is 1. The van der Waals surface area contributed by atoms with Crippen LogP contribution < -0.4 is 4.74 Å². The number of aryl methyl sites for hydroxylation is 1. The average molecular weight is 314 g/mol. The third-order valence-corrected chi connectivity index (χ3v) is 4.71. The number of carbonyl (C=O) groups is 1. The SMILES string of the molecule is CCC(=O)c1ccc(SCc2ccc(OC)c(CC)c2)cc1. The molecule has 2 aromatic carbocycles. The van der Waals surface area contributed by atoms with Gasteiger partial charge in [0.15, 0.2) is 5.78 Å². The molecule has 0 heterocycles. The van der Waals surface area contributed by atoms with E-state index in [1.807, 2.05) is 37.3 Å². The molecule has 0 aliphatic rings. The Morgan fingerprint density at radius 2 is 1.82 bits per heavy atom. The molecule has 0 saturated heterocycles.